The van der Waals surface area contributed by atoms with Crippen molar-refractivity contribution < 1.29 is 23.5 Å². The fraction of sp³-hybridized carbons (Fsp3) is 0.550. The zero-order valence-corrected chi connectivity index (χ0v) is 15.7. The number of nitrogens with zero attached hydrogens (tertiary/aromatic N) is 3. The first-order valence-electron chi connectivity index (χ1n) is 9.71. The molecule has 0 bridgehead atoms. The largest absolute Gasteiger partial charge is 0.363 e. The van der Waals surface area contributed by atoms with Gasteiger partial charge in [0.2, 0.25) is 11.8 Å². The van der Waals surface area contributed by atoms with E-state index in [0.29, 0.717) is 51.1 Å². The van der Waals surface area contributed by atoms with Crippen molar-refractivity contribution >= 4 is 23.4 Å². The molecule has 28 heavy (non-hydrogen) atoms. The number of carbonyl (C=O) groups is 3. The summed E-state index contributed by atoms with van der Waals surface area (Å²) in [5, 5.41) is 0. The second-order valence-electron chi connectivity index (χ2n) is 7.73. The maximum atomic E-state index is 13.2. The third kappa shape index (κ3) is 3.73. The summed E-state index contributed by atoms with van der Waals surface area (Å²) in [5.74, 6) is -0.482. The Morgan fingerprint density at radius 3 is 2.43 bits per heavy atom. The van der Waals surface area contributed by atoms with Gasteiger partial charge < -0.3 is 19.4 Å². The normalized spacial score (nSPS) is 22.2. The molecule has 3 aliphatic heterocycles. The van der Waals surface area contributed by atoms with E-state index in [1.807, 2.05) is 0 Å². The minimum Gasteiger partial charge on any atom is -0.363 e. The summed E-state index contributed by atoms with van der Waals surface area (Å²) >= 11 is 0. The molecule has 0 radical (unpaired) electrons. The van der Waals surface area contributed by atoms with Crippen molar-refractivity contribution in [3.8, 4) is 0 Å². The van der Waals surface area contributed by atoms with E-state index >= 15 is 0 Å². The van der Waals surface area contributed by atoms with Gasteiger partial charge in [-0.15, -0.1) is 0 Å². The third-order valence-corrected chi connectivity index (χ3v) is 5.91. The lowest BCUT2D eigenvalue weighted by molar-refractivity contribution is -0.151. The summed E-state index contributed by atoms with van der Waals surface area (Å²) in [7, 11) is 0. The Bertz CT molecular complexity index is 774. The van der Waals surface area contributed by atoms with Gasteiger partial charge >= 0.3 is 0 Å². The highest BCUT2D eigenvalue weighted by atomic mass is 19.1. The molecule has 0 saturated carbocycles. The second-order valence-corrected chi connectivity index (χ2v) is 7.73. The Hall–Kier alpha value is -2.48. The monoisotopic (exact) mass is 389 g/mol. The van der Waals surface area contributed by atoms with E-state index in [9.17, 15) is 18.8 Å². The van der Waals surface area contributed by atoms with Crippen molar-refractivity contribution in [2.45, 2.75) is 31.3 Å². The van der Waals surface area contributed by atoms with Crippen LogP contribution < -0.4 is 4.90 Å². The summed E-state index contributed by atoms with van der Waals surface area (Å²) in [4.78, 5) is 41.6. The Morgan fingerprint density at radius 1 is 1.07 bits per heavy atom. The number of likely N-dealkylation sites (tertiary alicyclic amines) is 2. The van der Waals surface area contributed by atoms with Crippen LogP contribution in [0.15, 0.2) is 24.3 Å². The zero-order chi connectivity index (χ0) is 19.7. The Labute approximate surface area is 163 Å². The number of anilines is 1. The Morgan fingerprint density at radius 2 is 1.79 bits per heavy atom. The van der Waals surface area contributed by atoms with Crippen LogP contribution in [-0.2, 0) is 19.1 Å². The summed E-state index contributed by atoms with van der Waals surface area (Å²) < 4.78 is 19.1. The molecule has 4 rings (SSSR count). The highest BCUT2D eigenvalue weighted by Crippen LogP contribution is 2.33. The van der Waals surface area contributed by atoms with Gasteiger partial charge in [-0.05, 0) is 43.5 Å². The summed E-state index contributed by atoms with van der Waals surface area (Å²) in [6.45, 7) is 2.24. The number of piperidine rings is 1. The van der Waals surface area contributed by atoms with Crippen molar-refractivity contribution in [2.75, 3.05) is 44.2 Å². The molecule has 1 aromatic carbocycles. The van der Waals surface area contributed by atoms with Crippen molar-refractivity contribution in [1.82, 2.24) is 9.80 Å². The third-order valence-electron chi connectivity index (χ3n) is 5.91. The van der Waals surface area contributed by atoms with Gasteiger partial charge in [-0.1, -0.05) is 0 Å². The van der Waals surface area contributed by atoms with Gasteiger partial charge in [0.15, 0.2) is 0 Å². The van der Waals surface area contributed by atoms with Crippen LogP contribution in [0.2, 0.25) is 0 Å². The summed E-state index contributed by atoms with van der Waals surface area (Å²) in [5.41, 5.74) is 0.155. The lowest BCUT2D eigenvalue weighted by Gasteiger charge is -2.47. The fourth-order valence-corrected chi connectivity index (χ4v) is 4.17. The van der Waals surface area contributed by atoms with E-state index in [4.69, 9.17) is 4.74 Å². The molecule has 3 heterocycles. The molecule has 0 aliphatic carbocycles. The molecule has 3 saturated heterocycles. The predicted octanol–water partition coefficient (Wildman–Crippen LogP) is 1.17. The van der Waals surface area contributed by atoms with Gasteiger partial charge in [-0.2, -0.15) is 0 Å². The van der Waals surface area contributed by atoms with Crippen LogP contribution >= 0.6 is 0 Å². The molecule has 8 heteroatoms. The Kier molecular flexibility index (Phi) is 5.05. The number of hydrogen-bond donors (Lipinski definition) is 0. The molecule has 0 N–H and O–H groups in total. The molecule has 3 amide bonds. The van der Waals surface area contributed by atoms with Gasteiger partial charge in [0, 0.05) is 31.7 Å². The second kappa shape index (κ2) is 7.50. The first-order valence-corrected chi connectivity index (χ1v) is 9.71. The molecule has 1 spiro atoms. The number of benzene rings is 1. The van der Waals surface area contributed by atoms with Gasteiger partial charge in [0.1, 0.15) is 12.4 Å². The van der Waals surface area contributed by atoms with Crippen LogP contribution in [0.3, 0.4) is 0 Å². The van der Waals surface area contributed by atoms with Gasteiger partial charge in [-0.3, -0.25) is 14.4 Å². The fourth-order valence-electron chi connectivity index (χ4n) is 4.17. The van der Waals surface area contributed by atoms with Gasteiger partial charge in [-0.25, -0.2) is 4.39 Å². The van der Waals surface area contributed by atoms with Crippen molar-refractivity contribution in [3.05, 3.63) is 30.1 Å². The molecule has 7 nitrogen and oxygen atoms in total. The average molecular weight is 389 g/mol. The first-order chi connectivity index (χ1) is 13.5. The minimum atomic E-state index is -0.497. The standard InChI is InChI=1S/C20H24FN3O4/c21-15-3-5-16(6-4-15)24-14-20(28-13-19(24)27)7-10-22(11-8-20)18(26)12-23-9-1-2-17(23)25/h3-6H,1-2,7-14H2. The number of carbonyl (C=O) groups excluding carboxylic acids is 3. The molecule has 0 unspecified atom stereocenters. The number of morpholine rings is 1. The number of halogens is 1. The molecule has 3 fully saturated rings. The van der Waals surface area contributed by atoms with Crippen LogP contribution in [0.1, 0.15) is 25.7 Å². The first kappa shape index (κ1) is 18.9. The van der Waals surface area contributed by atoms with E-state index in [1.54, 1.807) is 26.8 Å². The van der Waals surface area contributed by atoms with E-state index in [2.05, 4.69) is 0 Å². The highest BCUT2D eigenvalue weighted by molar-refractivity contribution is 5.95. The van der Waals surface area contributed by atoms with E-state index in [-0.39, 0.29) is 36.7 Å². The van der Waals surface area contributed by atoms with Gasteiger partial charge in [0.05, 0.1) is 18.7 Å². The topological polar surface area (TPSA) is 70.2 Å². The van der Waals surface area contributed by atoms with Crippen LogP contribution in [-0.4, -0.2) is 72.5 Å². The molecule has 0 atom stereocenters. The SMILES string of the molecule is O=C(CN1CCCC1=O)N1CCC2(CC1)CN(c1ccc(F)cc1)C(=O)CO2. The number of ether oxygens (including phenoxy) is 1. The lowest BCUT2D eigenvalue weighted by atomic mass is 9.89. The van der Waals surface area contributed by atoms with Crippen molar-refractivity contribution in [3.63, 3.8) is 0 Å². The van der Waals surface area contributed by atoms with E-state index in [1.165, 1.54) is 12.1 Å². The molecule has 150 valence electrons. The molecule has 1 aromatic rings. The smallest absolute Gasteiger partial charge is 0.253 e. The highest BCUT2D eigenvalue weighted by Gasteiger charge is 2.43. The average Bonchev–Trinajstić information content (AvgIpc) is 3.10. The van der Waals surface area contributed by atoms with Gasteiger partial charge in [0.25, 0.3) is 5.91 Å². The zero-order valence-electron chi connectivity index (χ0n) is 15.7. The Balaban J connectivity index is 1.37. The number of rotatable bonds is 3. The summed E-state index contributed by atoms with van der Waals surface area (Å²) in [6.07, 6.45) is 2.59. The molecule has 0 aromatic heterocycles. The van der Waals surface area contributed by atoms with Crippen LogP contribution in [0.5, 0.6) is 0 Å². The maximum Gasteiger partial charge on any atom is 0.253 e. The molecular weight excluding hydrogens is 365 g/mol. The number of hydrogen-bond acceptors (Lipinski definition) is 4. The van der Waals surface area contributed by atoms with Crippen LogP contribution in [0.25, 0.3) is 0 Å². The summed E-state index contributed by atoms with van der Waals surface area (Å²) in [6, 6.07) is 5.87. The maximum absolute atomic E-state index is 13.2. The van der Waals surface area contributed by atoms with E-state index in [0.717, 1.165) is 6.42 Å². The van der Waals surface area contributed by atoms with E-state index < -0.39 is 5.60 Å². The quantitative estimate of drug-likeness (QED) is 0.778. The lowest BCUT2D eigenvalue weighted by Crippen LogP contribution is -2.60. The number of amides is 3. The van der Waals surface area contributed by atoms with Crippen LogP contribution in [0.4, 0.5) is 10.1 Å². The predicted molar refractivity (Wildman–Crippen MR) is 99.1 cm³/mol. The van der Waals surface area contributed by atoms with Crippen LogP contribution in [0, 0.1) is 5.82 Å². The molecular formula is C20H24FN3O4. The molecule has 3 aliphatic rings. The van der Waals surface area contributed by atoms with Crippen molar-refractivity contribution in [2.24, 2.45) is 0 Å². The van der Waals surface area contributed by atoms with Crippen molar-refractivity contribution in [1.29, 1.82) is 0 Å². The minimum absolute atomic E-state index is 0.0202.